The van der Waals surface area contributed by atoms with Gasteiger partial charge in [0.05, 0.1) is 23.3 Å². The summed E-state index contributed by atoms with van der Waals surface area (Å²) >= 11 is 0. The summed E-state index contributed by atoms with van der Waals surface area (Å²) in [6.45, 7) is 0. The van der Waals surface area contributed by atoms with Crippen molar-refractivity contribution in [2.24, 2.45) is 0 Å². The molecule has 0 amide bonds. The Bertz CT molecular complexity index is 3760. The quantitative estimate of drug-likeness (QED) is 0.175. The molecule has 0 fully saturated rings. The van der Waals surface area contributed by atoms with Crippen LogP contribution >= 0.6 is 0 Å². The fraction of sp³-hybridized carbons (Fsp3) is 0. The van der Waals surface area contributed by atoms with Crippen LogP contribution in [0.15, 0.2) is 186 Å². The molecule has 1 nitrogen and oxygen atoms in total. The lowest BCUT2D eigenvalue weighted by molar-refractivity contribution is 0.669. The van der Waals surface area contributed by atoms with Crippen molar-refractivity contribution in [2.75, 3.05) is 0 Å². The summed E-state index contributed by atoms with van der Waals surface area (Å²) in [6.07, 6.45) is 0. The molecule has 9 aromatic carbocycles. The molecule has 0 bridgehead atoms. The summed E-state index contributed by atoms with van der Waals surface area (Å²) in [5.74, 6) is 0. The number of hydrogen-bond acceptors (Lipinski definition) is 1. The second kappa shape index (κ2) is 11.1. The first kappa shape index (κ1) is 15.6. The average Bonchev–Trinajstić information content (AvgIpc) is 3.74. The molecule has 228 valence electrons. The zero-order valence-electron chi connectivity index (χ0n) is 42.4. The minimum Gasteiger partial charge on any atom is -0.456 e. The molecular formula is C48H30O. The smallest absolute Gasteiger partial charge is 0.136 e. The molecule has 0 saturated carbocycles. The Morgan fingerprint density at radius 3 is 1.57 bits per heavy atom. The van der Waals surface area contributed by atoms with E-state index in [1.807, 2.05) is 0 Å². The van der Waals surface area contributed by atoms with Crippen LogP contribution in [0.3, 0.4) is 0 Å². The van der Waals surface area contributed by atoms with Crippen LogP contribution in [0.25, 0.3) is 98.8 Å². The van der Waals surface area contributed by atoms with Gasteiger partial charge in [-0.25, -0.2) is 0 Å². The summed E-state index contributed by atoms with van der Waals surface area (Å²) in [6, 6.07) is 13.2. The van der Waals surface area contributed by atoms with Gasteiger partial charge in [0.2, 0.25) is 0 Å². The molecule has 10 rings (SSSR count). The number of hydrogen-bond donors (Lipinski definition) is 0. The first-order chi connectivity index (χ1) is 31.4. The van der Waals surface area contributed by atoms with Gasteiger partial charge >= 0.3 is 0 Å². The van der Waals surface area contributed by atoms with E-state index in [-0.39, 0.29) is 95.8 Å². The molecule has 1 aromatic heterocycles. The highest BCUT2D eigenvalue weighted by Crippen LogP contribution is 2.46. The van der Waals surface area contributed by atoms with E-state index in [4.69, 9.17) is 19.5 Å². The van der Waals surface area contributed by atoms with E-state index in [9.17, 15) is 8.22 Å². The molecule has 1 heterocycles. The maximum Gasteiger partial charge on any atom is 0.136 e. The number of rotatable bonds is 4. The van der Waals surface area contributed by atoms with Gasteiger partial charge < -0.3 is 4.42 Å². The maximum atomic E-state index is 9.97. The van der Waals surface area contributed by atoms with Crippen LogP contribution in [0.2, 0.25) is 0 Å². The van der Waals surface area contributed by atoms with Crippen molar-refractivity contribution in [3.63, 3.8) is 0 Å². The van der Waals surface area contributed by atoms with Gasteiger partial charge in [0.25, 0.3) is 0 Å². The van der Waals surface area contributed by atoms with Crippen molar-refractivity contribution in [1.29, 1.82) is 0 Å². The lowest BCUT2D eigenvalue weighted by Gasteiger charge is -2.19. The van der Waals surface area contributed by atoms with Crippen LogP contribution in [-0.4, -0.2) is 0 Å². The molecule has 49 heavy (non-hydrogen) atoms. The van der Waals surface area contributed by atoms with Crippen LogP contribution in [0.1, 0.15) is 23.3 Å². The van der Waals surface area contributed by atoms with Crippen molar-refractivity contribution in [3.8, 4) is 44.5 Å². The summed E-state index contributed by atoms with van der Waals surface area (Å²) in [5, 5.41) is 0.725. The fourth-order valence-corrected chi connectivity index (χ4v) is 6.56. The van der Waals surface area contributed by atoms with Gasteiger partial charge in [-0.05, 0) is 107 Å². The van der Waals surface area contributed by atoms with Crippen LogP contribution in [-0.2, 0) is 0 Å². The van der Waals surface area contributed by atoms with Crippen LogP contribution in [0, 0.1) is 0 Å². The molecule has 0 aliphatic heterocycles. The van der Waals surface area contributed by atoms with E-state index in [1.165, 1.54) is 0 Å². The highest BCUT2D eigenvalue weighted by molar-refractivity contribution is 6.22. The van der Waals surface area contributed by atoms with Gasteiger partial charge in [-0.3, -0.25) is 0 Å². The normalized spacial score (nSPS) is 16.5. The van der Waals surface area contributed by atoms with Crippen molar-refractivity contribution in [3.05, 3.63) is 182 Å². The monoisotopic (exact) mass is 639 g/mol. The zero-order valence-corrected chi connectivity index (χ0v) is 25.4. The van der Waals surface area contributed by atoms with Gasteiger partial charge in [0, 0.05) is 10.8 Å². The molecular weight excluding hydrogens is 593 g/mol. The Kier molecular flexibility index (Phi) is 3.54. The van der Waals surface area contributed by atoms with E-state index in [0.717, 1.165) is 0 Å². The van der Waals surface area contributed by atoms with Crippen LogP contribution in [0.5, 0.6) is 0 Å². The molecule has 0 aliphatic rings. The van der Waals surface area contributed by atoms with Gasteiger partial charge in [0.15, 0.2) is 0 Å². The lowest BCUT2D eigenvalue weighted by atomic mass is 9.84. The lowest BCUT2D eigenvalue weighted by Crippen LogP contribution is -1.92. The first-order valence-corrected chi connectivity index (χ1v) is 15.5. The molecule has 1 heteroatoms. The minimum atomic E-state index is -0.641. The third-order valence-electron chi connectivity index (χ3n) is 8.69. The number of benzene rings is 9. The van der Waals surface area contributed by atoms with Crippen LogP contribution in [0.4, 0.5) is 0 Å². The molecule has 0 aliphatic carbocycles. The maximum absolute atomic E-state index is 9.97. The highest BCUT2D eigenvalue weighted by atomic mass is 16.3. The Morgan fingerprint density at radius 2 is 0.898 bits per heavy atom. The summed E-state index contributed by atoms with van der Waals surface area (Å²) in [5.41, 5.74) is -0.202. The largest absolute Gasteiger partial charge is 0.456 e. The number of furan rings is 1. The van der Waals surface area contributed by atoms with Gasteiger partial charge in [0.1, 0.15) is 11.2 Å². The van der Waals surface area contributed by atoms with Crippen LogP contribution < -0.4 is 0 Å². The Morgan fingerprint density at radius 1 is 0.347 bits per heavy atom. The third-order valence-corrected chi connectivity index (χ3v) is 8.69. The topological polar surface area (TPSA) is 13.1 Å². The number of fused-ring (bicyclic) bond motifs is 6. The Hall–Kier alpha value is -6.44. The molecule has 0 radical (unpaired) electrons. The van der Waals surface area contributed by atoms with E-state index in [2.05, 4.69) is 0 Å². The highest BCUT2D eigenvalue weighted by Gasteiger charge is 2.19. The molecule has 0 atom stereocenters. The summed E-state index contributed by atoms with van der Waals surface area (Å²) < 4.78 is 159. The molecule has 0 spiro atoms. The predicted molar refractivity (Wildman–Crippen MR) is 208 cm³/mol. The predicted octanol–water partition coefficient (Wildman–Crippen LogP) is 13.7. The van der Waals surface area contributed by atoms with Gasteiger partial charge in [-0.15, -0.1) is 0 Å². The molecule has 0 unspecified atom stereocenters. The molecule has 0 saturated heterocycles. The second-order valence-electron chi connectivity index (χ2n) is 11.5. The molecule has 10 aromatic rings. The van der Waals surface area contributed by atoms with Crippen molar-refractivity contribution in [2.45, 2.75) is 0 Å². The van der Waals surface area contributed by atoms with E-state index in [0.29, 0.717) is 27.1 Å². The average molecular weight is 640 g/mol. The SMILES string of the molecule is [2H]c1c([2H])c([2H])c(-c2c([2H])c(-c3c4ccccc4c(-c4c([2H])c([2H])c5c(oc6c([2H])c7c([2H])c([2H])c([2H])c([2H])c7c([2H])c65)c4[2H])c4ccccc34)c([2H])c([2H])c2-c2ccccc2)c([2H])c1[2H]. The fourth-order valence-electron chi connectivity index (χ4n) is 6.56. The summed E-state index contributed by atoms with van der Waals surface area (Å²) in [4.78, 5) is 0. The standard InChI is InChI=1S/C48H30O/c1-3-13-31(14-4-1)37-25-23-35(28-43(37)32-15-5-2-6-16-32)47-39-19-9-11-21-41(39)48(42-22-12-10-20-40(42)47)36-24-26-38-44-27-33-17-7-8-18-34(33)29-46(44)49-45(38)30-36/h1-30H/i2D,5D,6D,7D,8D,15D,16D,17D,18D,23D,24D,25D,26D,27D,28D,29D,30D. The van der Waals surface area contributed by atoms with Gasteiger partial charge in [-0.2, -0.15) is 0 Å². The van der Waals surface area contributed by atoms with Crippen molar-refractivity contribution >= 4 is 54.3 Å². The van der Waals surface area contributed by atoms with E-state index >= 15 is 0 Å². The minimum absolute atomic E-state index is 0.0238. The van der Waals surface area contributed by atoms with E-state index < -0.39 is 78.6 Å². The first-order valence-electron chi connectivity index (χ1n) is 24.0. The second-order valence-corrected chi connectivity index (χ2v) is 11.5. The van der Waals surface area contributed by atoms with Gasteiger partial charge in [-0.1, -0.05) is 151 Å². The van der Waals surface area contributed by atoms with Crippen molar-refractivity contribution in [1.82, 2.24) is 0 Å². The Balaban J connectivity index is 1.35. The third kappa shape index (κ3) is 4.47. The molecule has 0 N–H and O–H groups in total. The Labute approximate surface area is 308 Å². The summed E-state index contributed by atoms with van der Waals surface area (Å²) in [7, 11) is 0. The van der Waals surface area contributed by atoms with Crippen molar-refractivity contribution < 1.29 is 27.7 Å². The zero-order chi connectivity index (χ0) is 47.1. The van der Waals surface area contributed by atoms with E-state index in [1.54, 1.807) is 78.9 Å².